The first-order valence-electron chi connectivity index (χ1n) is 8.48. The summed E-state index contributed by atoms with van der Waals surface area (Å²) in [5.74, 6) is 1.14. The van der Waals surface area contributed by atoms with Crippen molar-refractivity contribution in [3.05, 3.63) is 34.9 Å². The van der Waals surface area contributed by atoms with Crippen LogP contribution in [0.2, 0.25) is 5.02 Å². The first kappa shape index (κ1) is 23.0. The number of halogens is 2. The molecule has 2 rings (SSSR count). The maximum Gasteiger partial charge on any atom is 0.243 e. The van der Waals surface area contributed by atoms with Gasteiger partial charge in [0.25, 0.3) is 0 Å². The molecule has 1 atom stereocenters. The third-order valence-corrected chi connectivity index (χ3v) is 4.53. The highest BCUT2D eigenvalue weighted by atomic mass is 127. The molecule has 1 saturated heterocycles. The molecule has 0 radical (unpaired) electrons. The van der Waals surface area contributed by atoms with Gasteiger partial charge in [0.05, 0.1) is 6.61 Å². The Labute approximate surface area is 177 Å². The molecule has 6 nitrogen and oxygen atoms in total. The summed E-state index contributed by atoms with van der Waals surface area (Å²) < 4.78 is 5.42. The second kappa shape index (κ2) is 11.6. The molecule has 1 N–H and O–H groups in total. The third-order valence-electron chi connectivity index (χ3n) is 4.16. The molecule has 1 amide bonds. The number of aliphatic imine (C=N–C) groups is 1. The van der Waals surface area contributed by atoms with E-state index in [1.54, 1.807) is 19.0 Å². The number of carbonyl (C=O) groups is 1. The van der Waals surface area contributed by atoms with E-state index in [-0.39, 0.29) is 36.4 Å². The maximum absolute atomic E-state index is 11.9. The highest BCUT2D eigenvalue weighted by Crippen LogP contribution is 2.16. The average molecular weight is 495 g/mol. The van der Waals surface area contributed by atoms with Crippen molar-refractivity contribution in [3.8, 4) is 0 Å². The summed E-state index contributed by atoms with van der Waals surface area (Å²) in [6.07, 6.45) is 1.05. The van der Waals surface area contributed by atoms with Crippen LogP contribution in [0.1, 0.15) is 12.0 Å². The molecule has 0 saturated carbocycles. The topological polar surface area (TPSA) is 57.2 Å². The zero-order chi connectivity index (χ0) is 18.2. The molecule has 1 aromatic rings. The van der Waals surface area contributed by atoms with Gasteiger partial charge in [0.15, 0.2) is 5.96 Å². The number of hydrogen-bond acceptors (Lipinski definition) is 3. The van der Waals surface area contributed by atoms with Crippen molar-refractivity contribution in [1.82, 2.24) is 15.1 Å². The van der Waals surface area contributed by atoms with Gasteiger partial charge in [-0.3, -0.25) is 4.79 Å². The molecule has 1 heterocycles. The van der Waals surface area contributed by atoms with Gasteiger partial charge in [0.1, 0.15) is 6.54 Å². The molecule has 1 fully saturated rings. The van der Waals surface area contributed by atoms with Crippen molar-refractivity contribution in [2.24, 2.45) is 10.9 Å². The number of rotatable bonds is 6. The van der Waals surface area contributed by atoms with Crippen LogP contribution in [0.3, 0.4) is 0 Å². The predicted molar refractivity (Wildman–Crippen MR) is 116 cm³/mol. The standard InChI is InChI=1S/C18H27ClN4O2.HI/c1-22(2)17(24)11-21-18(20-10-14-8-9-25-13-14)23(3)12-15-6-4-5-7-16(15)19;/h4-7,14H,8-13H2,1-3H3,(H,20,21);1H. The van der Waals surface area contributed by atoms with E-state index < -0.39 is 0 Å². The van der Waals surface area contributed by atoms with E-state index in [4.69, 9.17) is 16.3 Å². The summed E-state index contributed by atoms with van der Waals surface area (Å²) >= 11 is 6.26. The van der Waals surface area contributed by atoms with Crippen LogP contribution in [-0.4, -0.2) is 69.1 Å². The summed E-state index contributed by atoms with van der Waals surface area (Å²) in [5.41, 5.74) is 1.02. The van der Waals surface area contributed by atoms with Crippen molar-refractivity contribution in [2.75, 3.05) is 47.4 Å². The Morgan fingerprint density at radius 3 is 2.69 bits per heavy atom. The van der Waals surface area contributed by atoms with Gasteiger partial charge in [-0.15, -0.1) is 24.0 Å². The number of likely N-dealkylation sites (N-methyl/N-ethyl adjacent to an activating group) is 1. The summed E-state index contributed by atoms with van der Waals surface area (Å²) in [6, 6.07) is 7.74. The molecular formula is C18H28ClIN4O2. The van der Waals surface area contributed by atoms with Gasteiger partial charge < -0.3 is 19.9 Å². The van der Waals surface area contributed by atoms with Gasteiger partial charge in [-0.2, -0.15) is 0 Å². The molecule has 0 aromatic heterocycles. The zero-order valence-corrected chi connectivity index (χ0v) is 18.7. The van der Waals surface area contributed by atoms with E-state index in [0.717, 1.165) is 36.8 Å². The highest BCUT2D eigenvalue weighted by molar-refractivity contribution is 14.0. The SMILES string of the molecule is CN(C)C(=O)CN=C(NCC1CCOC1)N(C)Cc1ccccc1Cl.I. The summed E-state index contributed by atoms with van der Waals surface area (Å²) in [5, 5.41) is 4.10. The monoisotopic (exact) mass is 494 g/mol. The second-order valence-corrected chi connectivity index (χ2v) is 6.89. The normalized spacial score (nSPS) is 16.8. The van der Waals surface area contributed by atoms with E-state index in [1.165, 1.54) is 0 Å². The van der Waals surface area contributed by atoms with Crippen LogP contribution < -0.4 is 5.32 Å². The number of guanidine groups is 1. The molecule has 1 aliphatic rings. The van der Waals surface area contributed by atoms with E-state index in [2.05, 4.69) is 10.3 Å². The lowest BCUT2D eigenvalue weighted by atomic mass is 10.1. The van der Waals surface area contributed by atoms with Crippen LogP contribution in [-0.2, 0) is 16.1 Å². The number of hydrogen-bond donors (Lipinski definition) is 1. The van der Waals surface area contributed by atoms with Gasteiger partial charge in [0.2, 0.25) is 5.91 Å². The zero-order valence-electron chi connectivity index (χ0n) is 15.6. The van der Waals surface area contributed by atoms with Gasteiger partial charge in [-0.05, 0) is 18.1 Å². The molecule has 146 valence electrons. The van der Waals surface area contributed by atoms with E-state index in [0.29, 0.717) is 18.4 Å². The highest BCUT2D eigenvalue weighted by Gasteiger charge is 2.17. The van der Waals surface area contributed by atoms with Crippen molar-refractivity contribution < 1.29 is 9.53 Å². The first-order chi connectivity index (χ1) is 12.0. The number of nitrogens with zero attached hydrogens (tertiary/aromatic N) is 3. The Balaban J connectivity index is 0.00000338. The maximum atomic E-state index is 11.9. The quantitative estimate of drug-likeness (QED) is 0.375. The molecule has 1 unspecified atom stereocenters. The molecule has 1 aromatic carbocycles. The Bertz CT molecular complexity index is 607. The smallest absolute Gasteiger partial charge is 0.243 e. The molecule has 1 aliphatic heterocycles. The Kier molecular flexibility index (Phi) is 10.3. The summed E-state index contributed by atoms with van der Waals surface area (Å²) in [4.78, 5) is 19.9. The minimum Gasteiger partial charge on any atom is -0.381 e. The van der Waals surface area contributed by atoms with E-state index >= 15 is 0 Å². The fraction of sp³-hybridized carbons (Fsp3) is 0.556. The molecule has 0 spiro atoms. The van der Waals surface area contributed by atoms with Crippen molar-refractivity contribution in [1.29, 1.82) is 0 Å². The lowest BCUT2D eigenvalue weighted by molar-refractivity contribution is -0.127. The number of ether oxygens (including phenoxy) is 1. The lowest BCUT2D eigenvalue weighted by Gasteiger charge is -2.24. The minimum absolute atomic E-state index is 0. The van der Waals surface area contributed by atoms with Gasteiger partial charge in [-0.25, -0.2) is 4.99 Å². The summed E-state index contributed by atoms with van der Waals surface area (Å²) in [7, 11) is 5.41. The van der Waals surface area contributed by atoms with Crippen molar-refractivity contribution in [3.63, 3.8) is 0 Å². The van der Waals surface area contributed by atoms with Crippen LogP contribution >= 0.6 is 35.6 Å². The van der Waals surface area contributed by atoms with Gasteiger partial charge in [0, 0.05) is 51.8 Å². The Morgan fingerprint density at radius 1 is 1.35 bits per heavy atom. The largest absolute Gasteiger partial charge is 0.381 e. The van der Waals surface area contributed by atoms with Crippen molar-refractivity contribution >= 4 is 47.4 Å². The number of carbonyl (C=O) groups excluding carboxylic acids is 1. The minimum atomic E-state index is -0.0327. The fourth-order valence-electron chi connectivity index (χ4n) is 2.53. The second-order valence-electron chi connectivity index (χ2n) is 6.49. The summed E-state index contributed by atoms with van der Waals surface area (Å²) in [6.45, 7) is 3.09. The average Bonchev–Trinajstić information content (AvgIpc) is 3.10. The lowest BCUT2D eigenvalue weighted by Crippen LogP contribution is -2.41. The fourth-order valence-corrected chi connectivity index (χ4v) is 2.73. The van der Waals surface area contributed by atoms with E-state index in [1.807, 2.05) is 36.2 Å². The van der Waals surface area contributed by atoms with E-state index in [9.17, 15) is 4.79 Å². The molecule has 8 heteroatoms. The number of nitrogens with one attached hydrogen (secondary N) is 1. The molecule has 26 heavy (non-hydrogen) atoms. The predicted octanol–water partition coefficient (Wildman–Crippen LogP) is 2.46. The number of amides is 1. The van der Waals surface area contributed by atoms with Crippen molar-refractivity contribution in [2.45, 2.75) is 13.0 Å². The van der Waals surface area contributed by atoms with Gasteiger partial charge >= 0.3 is 0 Å². The Morgan fingerprint density at radius 2 is 2.08 bits per heavy atom. The van der Waals surface area contributed by atoms with Crippen LogP contribution in [0, 0.1) is 5.92 Å². The molecular weight excluding hydrogens is 467 g/mol. The van der Waals surface area contributed by atoms with Crippen LogP contribution in [0.15, 0.2) is 29.3 Å². The van der Waals surface area contributed by atoms with Crippen LogP contribution in [0.25, 0.3) is 0 Å². The van der Waals surface area contributed by atoms with Gasteiger partial charge in [-0.1, -0.05) is 29.8 Å². The van der Waals surface area contributed by atoms with Crippen LogP contribution in [0.5, 0.6) is 0 Å². The molecule has 0 bridgehead atoms. The molecule has 0 aliphatic carbocycles. The first-order valence-corrected chi connectivity index (χ1v) is 8.86. The van der Waals surface area contributed by atoms with Crippen LogP contribution in [0.4, 0.5) is 0 Å². The Hall–Kier alpha value is -1.06. The third kappa shape index (κ3) is 7.28. The number of benzene rings is 1.